The average molecular weight is 340 g/mol. The summed E-state index contributed by atoms with van der Waals surface area (Å²) in [6.45, 7) is 3.78. The van der Waals surface area contributed by atoms with Crippen molar-refractivity contribution in [2.24, 2.45) is 0 Å². The molecule has 3 rings (SSSR count). The lowest BCUT2D eigenvalue weighted by molar-refractivity contribution is 0.0822. The Hall–Kier alpha value is -2.70. The van der Waals surface area contributed by atoms with Crippen molar-refractivity contribution in [1.29, 1.82) is 0 Å². The number of carbonyl (C=O) groups excluding carboxylic acids is 1. The minimum absolute atomic E-state index is 0.0937. The number of carbonyl (C=O) groups is 1. The third kappa shape index (κ3) is 4.23. The van der Waals surface area contributed by atoms with Crippen LogP contribution in [0.1, 0.15) is 29.0 Å². The van der Waals surface area contributed by atoms with Gasteiger partial charge in [0.1, 0.15) is 5.69 Å². The predicted molar refractivity (Wildman–Crippen MR) is 97.9 cm³/mol. The molecule has 1 atom stereocenters. The van der Waals surface area contributed by atoms with Crippen LogP contribution in [0.4, 0.5) is 11.5 Å². The number of aryl methyl sites for hydroxylation is 1. The number of pyridine rings is 1. The van der Waals surface area contributed by atoms with Crippen molar-refractivity contribution in [3.63, 3.8) is 0 Å². The summed E-state index contributed by atoms with van der Waals surface area (Å²) >= 11 is 0. The lowest BCUT2D eigenvalue weighted by atomic mass is 10.1. The molecule has 1 fully saturated rings. The van der Waals surface area contributed by atoms with Gasteiger partial charge in [-0.3, -0.25) is 9.78 Å². The van der Waals surface area contributed by atoms with Gasteiger partial charge in [0.05, 0.1) is 5.69 Å². The van der Waals surface area contributed by atoms with Crippen molar-refractivity contribution in [2.45, 2.75) is 25.8 Å². The topological polar surface area (TPSA) is 74.2 Å². The maximum Gasteiger partial charge on any atom is 0.272 e. The molecular formula is C18H24N6O. The highest BCUT2D eigenvalue weighted by molar-refractivity contribution is 5.92. The van der Waals surface area contributed by atoms with Gasteiger partial charge >= 0.3 is 0 Å². The molecule has 0 radical (unpaired) electrons. The van der Waals surface area contributed by atoms with Gasteiger partial charge in [-0.25, -0.2) is 0 Å². The van der Waals surface area contributed by atoms with Crippen LogP contribution in [-0.2, 0) is 0 Å². The molecule has 25 heavy (non-hydrogen) atoms. The first-order valence-electron chi connectivity index (χ1n) is 8.52. The molecule has 1 aliphatic rings. The zero-order chi connectivity index (χ0) is 17.8. The van der Waals surface area contributed by atoms with Crippen LogP contribution in [0.5, 0.6) is 0 Å². The van der Waals surface area contributed by atoms with Gasteiger partial charge in [-0.15, -0.1) is 5.10 Å². The first-order chi connectivity index (χ1) is 12.0. The predicted octanol–water partition coefficient (Wildman–Crippen LogP) is 1.96. The number of nitrogens with zero attached hydrogens (tertiary/aromatic N) is 5. The van der Waals surface area contributed by atoms with Gasteiger partial charge in [-0.1, -0.05) is 0 Å². The Bertz CT molecular complexity index is 731. The zero-order valence-corrected chi connectivity index (χ0v) is 14.9. The number of piperidine rings is 1. The molecule has 1 aliphatic heterocycles. The van der Waals surface area contributed by atoms with E-state index in [1.54, 1.807) is 20.3 Å². The monoisotopic (exact) mass is 340 g/mol. The highest BCUT2D eigenvalue weighted by Gasteiger charge is 2.21. The highest BCUT2D eigenvalue weighted by atomic mass is 16.2. The van der Waals surface area contributed by atoms with Gasteiger partial charge in [0.15, 0.2) is 5.82 Å². The fourth-order valence-corrected chi connectivity index (χ4v) is 2.97. The molecule has 1 saturated heterocycles. The number of nitrogens with one attached hydrogen (secondary N) is 1. The van der Waals surface area contributed by atoms with E-state index < -0.39 is 0 Å². The molecule has 1 N–H and O–H groups in total. The minimum Gasteiger partial charge on any atom is -0.380 e. The van der Waals surface area contributed by atoms with Gasteiger partial charge in [-0.2, -0.15) is 5.10 Å². The van der Waals surface area contributed by atoms with Gasteiger partial charge < -0.3 is 15.1 Å². The summed E-state index contributed by atoms with van der Waals surface area (Å²) in [5.41, 5.74) is 2.29. The third-order valence-corrected chi connectivity index (χ3v) is 4.29. The number of hydrogen-bond donors (Lipinski definition) is 1. The lowest BCUT2D eigenvalue weighted by Crippen LogP contribution is -2.42. The molecular weight excluding hydrogens is 316 g/mol. The fourth-order valence-electron chi connectivity index (χ4n) is 2.97. The Kier molecular flexibility index (Phi) is 5.11. The van der Waals surface area contributed by atoms with Crippen molar-refractivity contribution in [3.05, 3.63) is 41.9 Å². The molecule has 0 bridgehead atoms. The lowest BCUT2D eigenvalue weighted by Gasteiger charge is -2.34. The second-order valence-electron chi connectivity index (χ2n) is 6.59. The molecule has 3 heterocycles. The van der Waals surface area contributed by atoms with Crippen LogP contribution in [0, 0.1) is 6.92 Å². The number of anilines is 2. The standard InChI is InChI=1S/C18H24N6O/c1-13-6-7-17(22-21-13)24-10-4-5-15(12-24)20-14-8-9-19-16(11-14)18(25)23(2)3/h6-9,11,15H,4-5,10,12H2,1-3H3,(H,19,20). The van der Waals surface area contributed by atoms with Crippen LogP contribution in [0.25, 0.3) is 0 Å². The number of amides is 1. The summed E-state index contributed by atoms with van der Waals surface area (Å²) < 4.78 is 0. The second kappa shape index (κ2) is 7.46. The molecule has 1 amide bonds. The van der Waals surface area contributed by atoms with Gasteiger partial charge in [0.2, 0.25) is 0 Å². The molecule has 132 valence electrons. The van der Waals surface area contributed by atoms with E-state index >= 15 is 0 Å². The summed E-state index contributed by atoms with van der Waals surface area (Å²) in [4.78, 5) is 20.0. The summed E-state index contributed by atoms with van der Waals surface area (Å²) in [7, 11) is 3.46. The maximum absolute atomic E-state index is 12.1. The van der Waals surface area contributed by atoms with Crippen molar-refractivity contribution in [2.75, 3.05) is 37.4 Å². The molecule has 2 aromatic heterocycles. The quantitative estimate of drug-likeness (QED) is 0.917. The van der Waals surface area contributed by atoms with Crippen LogP contribution in [0.3, 0.4) is 0 Å². The molecule has 7 nitrogen and oxygen atoms in total. The summed E-state index contributed by atoms with van der Waals surface area (Å²) in [6, 6.07) is 8.01. The second-order valence-corrected chi connectivity index (χ2v) is 6.59. The molecule has 0 saturated carbocycles. The van der Waals surface area contributed by atoms with Gasteiger partial charge in [0.25, 0.3) is 5.91 Å². The fraction of sp³-hybridized carbons (Fsp3) is 0.444. The highest BCUT2D eigenvalue weighted by Crippen LogP contribution is 2.20. The van der Waals surface area contributed by atoms with Gasteiger partial charge in [0, 0.05) is 45.1 Å². The van der Waals surface area contributed by atoms with Crippen LogP contribution in [-0.4, -0.2) is 59.2 Å². The number of aromatic nitrogens is 3. The summed E-state index contributed by atoms with van der Waals surface area (Å²) in [5, 5.41) is 12.0. The summed E-state index contributed by atoms with van der Waals surface area (Å²) in [5.74, 6) is 0.819. The SMILES string of the molecule is Cc1ccc(N2CCCC(Nc3ccnc(C(=O)N(C)C)c3)C2)nn1. The van der Waals surface area contributed by atoms with Crippen LogP contribution >= 0.6 is 0 Å². The minimum atomic E-state index is -0.0937. The van der Waals surface area contributed by atoms with E-state index in [2.05, 4.69) is 25.4 Å². The van der Waals surface area contributed by atoms with Crippen LogP contribution in [0.2, 0.25) is 0 Å². The van der Waals surface area contributed by atoms with Crippen molar-refractivity contribution < 1.29 is 4.79 Å². The van der Waals surface area contributed by atoms with E-state index in [4.69, 9.17) is 0 Å². The Balaban J connectivity index is 1.67. The zero-order valence-electron chi connectivity index (χ0n) is 14.9. The van der Waals surface area contributed by atoms with E-state index in [0.29, 0.717) is 11.7 Å². The Morgan fingerprint density at radius 1 is 1.28 bits per heavy atom. The number of rotatable bonds is 4. The molecule has 0 aromatic carbocycles. The van der Waals surface area contributed by atoms with E-state index in [-0.39, 0.29) is 5.91 Å². The smallest absolute Gasteiger partial charge is 0.272 e. The Morgan fingerprint density at radius 2 is 2.12 bits per heavy atom. The normalized spacial score (nSPS) is 17.2. The van der Waals surface area contributed by atoms with Gasteiger partial charge in [-0.05, 0) is 44.0 Å². The van der Waals surface area contributed by atoms with Crippen LogP contribution < -0.4 is 10.2 Å². The molecule has 7 heteroatoms. The number of hydrogen-bond acceptors (Lipinski definition) is 6. The molecule has 1 unspecified atom stereocenters. The molecule has 0 aliphatic carbocycles. The van der Waals surface area contributed by atoms with E-state index in [1.807, 2.05) is 31.2 Å². The van der Waals surface area contributed by atoms with Crippen molar-refractivity contribution >= 4 is 17.4 Å². The summed E-state index contributed by atoms with van der Waals surface area (Å²) in [6.07, 6.45) is 3.84. The largest absolute Gasteiger partial charge is 0.380 e. The van der Waals surface area contributed by atoms with Crippen molar-refractivity contribution in [1.82, 2.24) is 20.1 Å². The van der Waals surface area contributed by atoms with E-state index in [0.717, 1.165) is 43.1 Å². The van der Waals surface area contributed by atoms with E-state index in [9.17, 15) is 4.79 Å². The third-order valence-electron chi connectivity index (χ3n) is 4.29. The van der Waals surface area contributed by atoms with E-state index in [1.165, 1.54) is 4.90 Å². The first kappa shape index (κ1) is 17.1. The average Bonchev–Trinajstić information content (AvgIpc) is 2.62. The maximum atomic E-state index is 12.1. The van der Waals surface area contributed by atoms with Crippen molar-refractivity contribution in [3.8, 4) is 0 Å². The van der Waals surface area contributed by atoms with Crippen LogP contribution in [0.15, 0.2) is 30.5 Å². The Morgan fingerprint density at radius 3 is 2.84 bits per heavy atom. The molecule has 0 spiro atoms. The molecule has 2 aromatic rings. The first-order valence-corrected chi connectivity index (χ1v) is 8.52. The Labute approximate surface area is 148 Å².